The third-order valence-corrected chi connectivity index (χ3v) is 5.20. The minimum atomic E-state index is 0.125. The molecule has 1 heterocycles. The second kappa shape index (κ2) is 8.70. The Labute approximate surface area is 158 Å². The van der Waals surface area contributed by atoms with Gasteiger partial charge in [0, 0.05) is 13.1 Å². The molecule has 5 heteroatoms. The predicted octanol–water partition coefficient (Wildman–Crippen LogP) is 4.74. The zero-order valence-corrected chi connectivity index (χ0v) is 15.5. The van der Waals surface area contributed by atoms with Crippen molar-refractivity contribution in [3.63, 3.8) is 0 Å². The van der Waals surface area contributed by atoms with Gasteiger partial charge in [-0.3, -0.25) is 4.79 Å². The lowest BCUT2D eigenvalue weighted by Crippen LogP contribution is -2.41. The summed E-state index contributed by atoms with van der Waals surface area (Å²) < 4.78 is 5.97. The number of hydrogen-bond acceptors (Lipinski definition) is 2. The number of carbonyl (C=O) groups excluding carboxylic acids is 1. The number of nitrogens with zero attached hydrogens (tertiary/aromatic N) is 1. The van der Waals surface area contributed by atoms with Crippen LogP contribution in [0.15, 0.2) is 48.5 Å². The molecule has 0 atom stereocenters. The standard InChI is InChI=1S/C20H21Cl2NO2/c21-18-7-6-16(12-19(18)22)13-20(24)23-10-8-17(9-11-23)25-14-15-4-2-1-3-5-15/h1-7,12,17H,8-11,13-14H2. The molecule has 132 valence electrons. The number of ether oxygens (including phenoxy) is 1. The lowest BCUT2D eigenvalue weighted by molar-refractivity contribution is -0.133. The number of benzene rings is 2. The van der Waals surface area contributed by atoms with Crippen molar-refractivity contribution in [2.24, 2.45) is 0 Å². The molecule has 1 saturated heterocycles. The summed E-state index contributed by atoms with van der Waals surface area (Å²) in [5.41, 5.74) is 2.07. The van der Waals surface area contributed by atoms with Gasteiger partial charge in [0.15, 0.2) is 0 Å². The van der Waals surface area contributed by atoms with E-state index < -0.39 is 0 Å². The van der Waals surface area contributed by atoms with Crippen molar-refractivity contribution in [1.82, 2.24) is 4.90 Å². The lowest BCUT2D eigenvalue weighted by Gasteiger charge is -2.32. The molecule has 25 heavy (non-hydrogen) atoms. The van der Waals surface area contributed by atoms with E-state index >= 15 is 0 Å². The third kappa shape index (κ3) is 5.21. The van der Waals surface area contributed by atoms with E-state index in [2.05, 4.69) is 12.1 Å². The summed E-state index contributed by atoms with van der Waals surface area (Å²) in [4.78, 5) is 14.4. The van der Waals surface area contributed by atoms with Crippen LogP contribution in [0.2, 0.25) is 10.0 Å². The third-order valence-electron chi connectivity index (χ3n) is 4.46. The van der Waals surface area contributed by atoms with Crippen LogP contribution >= 0.6 is 23.2 Å². The molecule has 2 aromatic carbocycles. The molecule has 1 aliphatic heterocycles. The number of piperidine rings is 1. The van der Waals surface area contributed by atoms with Gasteiger partial charge in [-0.2, -0.15) is 0 Å². The first-order chi connectivity index (χ1) is 12.1. The summed E-state index contributed by atoms with van der Waals surface area (Å²) in [5, 5.41) is 0.995. The van der Waals surface area contributed by atoms with Gasteiger partial charge in [-0.1, -0.05) is 59.6 Å². The first-order valence-electron chi connectivity index (χ1n) is 8.49. The maximum Gasteiger partial charge on any atom is 0.226 e. The Kier molecular flexibility index (Phi) is 6.35. The number of hydrogen-bond donors (Lipinski definition) is 0. The molecule has 1 aliphatic rings. The molecule has 3 rings (SSSR count). The van der Waals surface area contributed by atoms with E-state index in [9.17, 15) is 4.79 Å². The van der Waals surface area contributed by atoms with Crippen LogP contribution in [0.3, 0.4) is 0 Å². The second-order valence-corrected chi connectivity index (χ2v) is 7.12. The number of carbonyl (C=O) groups is 1. The van der Waals surface area contributed by atoms with Crippen molar-refractivity contribution in [2.75, 3.05) is 13.1 Å². The van der Waals surface area contributed by atoms with Crippen LogP contribution in [0.4, 0.5) is 0 Å². The molecule has 3 nitrogen and oxygen atoms in total. The average molecular weight is 378 g/mol. The van der Waals surface area contributed by atoms with Gasteiger partial charge >= 0.3 is 0 Å². The van der Waals surface area contributed by atoms with Crippen LogP contribution in [0.25, 0.3) is 0 Å². The summed E-state index contributed by atoms with van der Waals surface area (Å²) in [6.07, 6.45) is 2.32. The van der Waals surface area contributed by atoms with Gasteiger partial charge in [0.25, 0.3) is 0 Å². The Balaban J connectivity index is 1.45. The summed E-state index contributed by atoms with van der Waals surface area (Å²) in [6.45, 7) is 2.10. The Morgan fingerprint density at radius 3 is 2.40 bits per heavy atom. The molecule has 2 aromatic rings. The number of amides is 1. The lowest BCUT2D eigenvalue weighted by atomic mass is 10.1. The zero-order valence-electron chi connectivity index (χ0n) is 14.0. The van der Waals surface area contributed by atoms with Gasteiger partial charge in [0.1, 0.15) is 0 Å². The fraction of sp³-hybridized carbons (Fsp3) is 0.350. The fourth-order valence-electron chi connectivity index (χ4n) is 3.00. The molecule has 1 fully saturated rings. The SMILES string of the molecule is O=C(Cc1ccc(Cl)c(Cl)c1)N1CCC(OCc2ccccc2)CC1. The Hall–Kier alpha value is -1.55. The van der Waals surface area contributed by atoms with E-state index in [4.69, 9.17) is 27.9 Å². The van der Waals surface area contributed by atoms with Crippen molar-refractivity contribution in [1.29, 1.82) is 0 Å². The van der Waals surface area contributed by atoms with Crippen LogP contribution in [-0.2, 0) is 22.6 Å². The van der Waals surface area contributed by atoms with E-state index in [-0.39, 0.29) is 12.0 Å². The fourth-order valence-corrected chi connectivity index (χ4v) is 3.32. The minimum Gasteiger partial charge on any atom is -0.373 e. The van der Waals surface area contributed by atoms with E-state index in [1.165, 1.54) is 5.56 Å². The summed E-state index contributed by atoms with van der Waals surface area (Å²) >= 11 is 11.9. The van der Waals surface area contributed by atoms with Crippen LogP contribution in [0.5, 0.6) is 0 Å². The van der Waals surface area contributed by atoms with Gasteiger partial charge in [0.05, 0.1) is 29.2 Å². The maximum atomic E-state index is 12.5. The maximum absolute atomic E-state index is 12.5. The van der Waals surface area contributed by atoms with Crippen molar-refractivity contribution >= 4 is 29.1 Å². The highest BCUT2D eigenvalue weighted by atomic mass is 35.5. The predicted molar refractivity (Wildman–Crippen MR) is 101 cm³/mol. The normalized spacial score (nSPS) is 15.4. The molecular weight excluding hydrogens is 357 g/mol. The van der Waals surface area contributed by atoms with Crippen molar-refractivity contribution in [3.05, 3.63) is 69.7 Å². The highest BCUT2D eigenvalue weighted by molar-refractivity contribution is 6.42. The van der Waals surface area contributed by atoms with Crippen LogP contribution in [-0.4, -0.2) is 30.0 Å². The molecular formula is C20H21Cl2NO2. The van der Waals surface area contributed by atoms with Gasteiger partial charge in [-0.15, -0.1) is 0 Å². The monoisotopic (exact) mass is 377 g/mol. The van der Waals surface area contributed by atoms with E-state index in [1.807, 2.05) is 29.2 Å². The largest absolute Gasteiger partial charge is 0.373 e. The van der Waals surface area contributed by atoms with Gasteiger partial charge in [-0.25, -0.2) is 0 Å². The molecule has 0 aliphatic carbocycles. The summed E-state index contributed by atoms with van der Waals surface area (Å²) in [6, 6.07) is 15.5. The van der Waals surface area contributed by atoms with Crippen molar-refractivity contribution in [3.8, 4) is 0 Å². The van der Waals surface area contributed by atoms with Crippen LogP contribution < -0.4 is 0 Å². The van der Waals surface area contributed by atoms with Crippen molar-refractivity contribution in [2.45, 2.75) is 32.0 Å². The molecule has 0 aromatic heterocycles. The minimum absolute atomic E-state index is 0.125. The Morgan fingerprint density at radius 2 is 1.72 bits per heavy atom. The summed E-state index contributed by atoms with van der Waals surface area (Å²) in [5.74, 6) is 0.125. The Morgan fingerprint density at radius 1 is 1.00 bits per heavy atom. The van der Waals surface area contributed by atoms with E-state index in [1.54, 1.807) is 12.1 Å². The molecule has 0 spiro atoms. The van der Waals surface area contributed by atoms with Crippen LogP contribution in [0, 0.1) is 0 Å². The van der Waals surface area contributed by atoms with E-state index in [0.717, 1.165) is 31.5 Å². The first-order valence-corrected chi connectivity index (χ1v) is 9.24. The van der Waals surface area contributed by atoms with Crippen LogP contribution in [0.1, 0.15) is 24.0 Å². The molecule has 0 bridgehead atoms. The topological polar surface area (TPSA) is 29.5 Å². The van der Waals surface area contributed by atoms with Crippen molar-refractivity contribution < 1.29 is 9.53 Å². The quantitative estimate of drug-likeness (QED) is 0.752. The van der Waals surface area contributed by atoms with Gasteiger partial charge < -0.3 is 9.64 Å². The molecule has 1 amide bonds. The van der Waals surface area contributed by atoms with Gasteiger partial charge in [-0.05, 0) is 36.1 Å². The van der Waals surface area contributed by atoms with E-state index in [0.29, 0.717) is 23.1 Å². The smallest absolute Gasteiger partial charge is 0.226 e. The highest BCUT2D eigenvalue weighted by Crippen LogP contribution is 2.23. The molecule has 0 unspecified atom stereocenters. The summed E-state index contributed by atoms with van der Waals surface area (Å²) in [7, 11) is 0. The van der Waals surface area contributed by atoms with Gasteiger partial charge in [0.2, 0.25) is 5.91 Å². The number of halogens is 2. The molecule has 0 radical (unpaired) electrons. The molecule has 0 saturated carbocycles. The number of rotatable bonds is 5. The average Bonchev–Trinajstić information content (AvgIpc) is 2.64. The second-order valence-electron chi connectivity index (χ2n) is 6.30. The first kappa shape index (κ1) is 18.2. The Bertz CT molecular complexity index is 713. The zero-order chi connectivity index (χ0) is 17.6. The number of likely N-dealkylation sites (tertiary alicyclic amines) is 1. The molecule has 0 N–H and O–H groups in total. The highest BCUT2D eigenvalue weighted by Gasteiger charge is 2.23.